The lowest BCUT2D eigenvalue weighted by molar-refractivity contribution is -0.107. The Kier molecular flexibility index (Phi) is 6.24. The average Bonchev–Trinajstić information content (AvgIpc) is 3.09. The van der Waals surface area contributed by atoms with Crippen LogP contribution in [0.1, 0.15) is 47.3 Å². The predicted octanol–water partition coefficient (Wildman–Crippen LogP) is 4.68. The Morgan fingerprint density at radius 1 is 1.19 bits per heavy atom. The van der Waals surface area contributed by atoms with E-state index >= 15 is 0 Å². The van der Waals surface area contributed by atoms with Crippen LogP contribution in [-0.4, -0.2) is 46.2 Å². The van der Waals surface area contributed by atoms with Gasteiger partial charge in [-0.3, -0.25) is 14.7 Å². The van der Waals surface area contributed by atoms with Gasteiger partial charge in [0.05, 0.1) is 29.7 Å². The van der Waals surface area contributed by atoms with Crippen LogP contribution in [0.4, 0.5) is 5.69 Å². The zero-order chi connectivity index (χ0) is 21.8. The maximum absolute atomic E-state index is 13.4. The summed E-state index contributed by atoms with van der Waals surface area (Å²) in [4.78, 5) is 34.6. The summed E-state index contributed by atoms with van der Waals surface area (Å²) in [6, 6.07) is 9.39. The van der Waals surface area contributed by atoms with Gasteiger partial charge in [-0.2, -0.15) is 0 Å². The second-order valence-corrected chi connectivity index (χ2v) is 8.10. The van der Waals surface area contributed by atoms with Crippen LogP contribution in [0, 0.1) is 13.5 Å². The highest BCUT2D eigenvalue weighted by atomic mass is 16.1. The molecule has 3 aromatic rings. The van der Waals surface area contributed by atoms with Crippen molar-refractivity contribution in [1.29, 1.82) is 0 Å². The first kappa shape index (κ1) is 21.0. The lowest BCUT2D eigenvalue weighted by Gasteiger charge is -2.25. The van der Waals surface area contributed by atoms with Crippen LogP contribution in [-0.2, 0) is 11.2 Å². The van der Waals surface area contributed by atoms with Crippen LogP contribution < -0.4 is 0 Å². The topological polar surface area (TPSA) is 59.6 Å². The number of benzene rings is 1. The first-order chi connectivity index (χ1) is 15.1. The highest BCUT2D eigenvalue weighted by Crippen LogP contribution is 2.30. The third-order valence-corrected chi connectivity index (χ3v) is 5.98. The van der Waals surface area contributed by atoms with Crippen LogP contribution >= 0.6 is 0 Å². The van der Waals surface area contributed by atoms with Gasteiger partial charge in [0.15, 0.2) is 11.5 Å². The molecule has 0 amide bonds. The molecule has 0 radical (unpaired) electrons. The molecule has 1 aliphatic rings. The van der Waals surface area contributed by atoms with Crippen molar-refractivity contribution in [3.8, 4) is 5.69 Å². The van der Waals surface area contributed by atoms with Crippen molar-refractivity contribution in [2.45, 2.75) is 39.0 Å². The molecule has 6 nitrogen and oxygen atoms in total. The number of carbonyl (C=O) groups is 2. The Morgan fingerprint density at radius 2 is 1.94 bits per heavy atom. The van der Waals surface area contributed by atoms with E-state index in [0.717, 1.165) is 54.7 Å². The van der Waals surface area contributed by atoms with E-state index in [4.69, 9.17) is 6.57 Å². The lowest BCUT2D eigenvalue weighted by Crippen LogP contribution is -2.34. The van der Waals surface area contributed by atoms with Gasteiger partial charge in [0.25, 0.3) is 0 Å². The van der Waals surface area contributed by atoms with Crippen LogP contribution in [0.2, 0.25) is 0 Å². The minimum atomic E-state index is 0.0917. The van der Waals surface area contributed by atoms with E-state index in [-0.39, 0.29) is 5.78 Å². The molecule has 1 aliphatic heterocycles. The summed E-state index contributed by atoms with van der Waals surface area (Å²) in [7, 11) is 0. The Labute approximate surface area is 182 Å². The molecule has 0 spiro atoms. The molecule has 31 heavy (non-hydrogen) atoms. The van der Waals surface area contributed by atoms with Crippen molar-refractivity contribution in [3.05, 3.63) is 64.8 Å². The molecule has 0 aliphatic carbocycles. The summed E-state index contributed by atoms with van der Waals surface area (Å²) < 4.78 is 2.05. The van der Waals surface area contributed by atoms with Crippen LogP contribution in [0.15, 0.2) is 36.5 Å². The van der Waals surface area contributed by atoms with Crippen molar-refractivity contribution in [2.24, 2.45) is 0 Å². The van der Waals surface area contributed by atoms with Gasteiger partial charge in [0, 0.05) is 24.0 Å². The molecule has 0 N–H and O–H groups in total. The van der Waals surface area contributed by atoms with Gasteiger partial charge in [0.1, 0.15) is 6.29 Å². The van der Waals surface area contributed by atoms with E-state index in [1.807, 2.05) is 29.7 Å². The Morgan fingerprint density at radius 3 is 2.61 bits per heavy atom. The van der Waals surface area contributed by atoms with Gasteiger partial charge < -0.3 is 9.36 Å². The zero-order valence-electron chi connectivity index (χ0n) is 17.8. The van der Waals surface area contributed by atoms with E-state index in [2.05, 4.69) is 14.7 Å². The van der Waals surface area contributed by atoms with Crippen molar-refractivity contribution in [2.75, 3.05) is 19.6 Å². The van der Waals surface area contributed by atoms with Gasteiger partial charge >= 0.3 is 0 Å². The van der Waals surface area contributed by atoms with E-state index in [9.17, 15) is 9.59 Å². The number of rotatable bonds is 7. The molecule has 6 heteroatoms. The SMILES string of the molecule is [C-]#[N+]c1ccc(-n2c(C)c(C(=O)CN3CCCCC3)c3ncc(CCC=O)cc32)cc1. The smallest absolute Gasteiger partial charge is 0.187 e. The largest absolute Gasteiger partial charge is 0.312 e. The standard InChI is InChI=1S/C25H26N4O2/c1-18-24(23(31)17-28-12-4-3-5-13-28)25-22(15-19(16-27-25)7-6-14-30)29(18)21-10-8-20(26-2)9-11-21/h8-11,14-16H,3-7,12-13,17H2,1H3. The van der Waals surface area contributed by atoms with E-state index in [1.54, 1.807) is 18.3 Å². The molecule has 0 unspecified atom stereocenters. The minimum absolute atomic E-state index is 0.0917. The van der Waals surface area contributed by atoms with Gasteiger partial charge in [-0.25, -0.2) is 4.85 Å². The number of piperidine rings is 1. The maximum Gasteiger partial charge on any atom is 0.187 e. The number of aldehydes is 1. The second kappa shape index (κ2) is 9.23. The van der Waals surface area contributed by atoms with E-state index in [1.165, 1.54) is 6.42 Å². The summed E-state index contributed by atoms with van der Waals surface area (Å²) >= 11 is 0. The summed E-state index contributed by atoms with van der Waals surface area (Å²) in [5.74, 6) is 0.0917. The molecule has 4 rings (SSSR count). The van der Waals surface area contributed by atoms with Crippen molar-refractivity contribution in [3.63, 3.8) is 0 Å². The number of fused-ring (bicyclic) bond motifs is 1. The van der Waals surface area contributed by atoms with Gasteiger partial charge in [-0.15, -0.1) is 0 Å². The van der Waals surface area contributed by atoms with Crippen molar-refractivity contribution >= 4 is 28.8 Å². The summed E-state index contributed by atoms with van der Waals surface area (Å²) in [5.41, 5.74) is 5.50. The Bertz CT molecular complexity index is 1150. The molecule has 1 aromatic carbocycles. The number of pyridine rings is 1. The number of nitrogens with zero attached hydrogens (tertiary/aromatic N) is 4. The molecule has 158 valence electrons. The van der Waals surface area contributed by atoms with Gasteiger partial charge in [0.2, 0.25) is 0 Å². The van der Waals surface area contributed by atoms with E-state index < -0.39 is 0 Å². The average molecular weight is 415 g/mol. The molecule has 1 fully saturated rings. The number of likely N-dealkylation sites (tertiary alicyclic amines) is 1. The predicted molar refractivity (Wildman–Crippen MR) is 121 cm³/mol. The molecule has 0 saturated carbocycles. The fraction of sp³-hybridized carbons (Fsp3) is 0.360. The lowest BCUT2D eigenvalue weighted by atomic mass is 10.1. The molecule has 3 heterocycles. The normalized spacial score (nSPS) is 14.5. The van der Waals surface area contributed by atoms with Crippen LogP contribution in [0.25, 0.3) is 21.6 Å². The Hall–Kier alpha value is -3.30. The second-order valence-electron chi connectivity index (χ2n) is 8.10. The number of hydrogen-bond donors (Lipinski definition) is 0. The summed E-state index contributed by atoms with van der Waals surface area (Å²) in [6.45, 7) is 11.5. The van der Waals surface area contributed by atoms with Gasteiger partial charge in [-0.05, 0) is 63.0 Å². The number of aryl methyl sites for hydroxylation is 1. The molecule has 1 saturated heterocycles. The monoisotopic (exact) mass is 414 g/mol. The first-order valence-electron chi connectivity index (χ1n) is 10.8. The molecular formula is C25H26N4O2. The minimum Gasteiger partial charge on any atom is -0.312 e. The number of ketones is 1. The number of carbonyl (C=O) groups excluding carboxylic acids is 2. The van der Waals surface area contributed by atoms with Crippen LogP contribution in [0.3, 0.4) is 0 Å². The van der Waals surface area contributed by atoms with Crippen LogP contribution in [0.5, 0.6) is 0 Å². The zero-order valence-corrected chi connectivity index (χ0v) is 17.8. The molecule has 0 bridgehead atoms. The molecular weight excluding hydrogens is 388 g/mol. The third-order valence-electron chi connectivity index (χ3n) is 5.98. The number of aromatic nitrogens is 2. The third kappa shape index (κ3) is 4.28. The highest BCUT2D eigenvalue weighted by Gasteiger charge is 2.24. The summed E-state index contributed by atoms with van der Waals surface area (Å²) in [6.07, 6.45) is 7.24. The quantitative estimate of drug-likeness (QED) is 0.320. The first-order valence-corrected chi connectivity index (χ1v) is 10.8. The molecule has 2 aromatic heterocycles. The number of Topliss-reactive ketones (excluding diaryl/α,β-unsaturated/α-hetero) is 1. The maximum atomic E-state index is 13.4. The molecule has 0 atom stereocenters. The van der Waals surface area contributed by atoms with Gasteiger partial charge in [-0.1, -0.05) is 18.6 Å². The fourth-order valence-electron chi connectivity index (χ4n) is 4.43. The van der Waals surface area contributed by atoms with Crippen molar-refractivity contribution in [1.82, 2.24) is 14.5 Å². The number of hydrogen-bond acceptors (Lipinski definition) is 4. The Balaban J connectivity index is 1.81. The fourth-order valence-corrected chi connectivity index (χ4v) is 4.43. The summed E-state index contributed by atoms with van der Waals surface area (Å²) in [5, 5.41) is 0. The highest BCUT2D eigenvalue weighted by molar-refractivity contribution is 6.09. The van der Waals surface area contributed by atoms with Crippen molar-refractivity contribution < 1.29 is 9.59 Å². The van der Waals surface area contributed by atoms with E-state index in [0.29, 0.717) is 36.2 Å².